The summed E-state index contributed by atoms with van der Waals surface area (Å²) in [5.74, 6) is -4.63. The van der Waals surface area contributed by atoms with E-state index in [1.54, 1.807) is 92.6 Å². The van der Waals surface area contributed by atoms with E-state index in [0.29, 0.717) is 5.57 Å². The second kappa shape index (κ2) is 21.3. The molecular formula is C51H77NO16Si. The maximum Gasteiger partial charge on any atom is 0.408 e. The van der Waals surface area contributed by atoms with E-state index in [1.165, 1.54) is 19.9 Å². The zero-order valence-electron chi connectivity index (χ0n) is 43.0. The third-order valence-corrected chi connectivity index (χ3v) is 19.9. The number of benzene rings is 1. The molecule has 0 spiro atoms. The minimum atomic E-state index is -2.60. The van der Waals surface area contributed by atoms with Crippen LogP contribution in [0.15, 0.2) is 54.1 Å². The normalized spacial score (nSPS) is 31.9. The zero-order valence-corrected chi connectivity index (χ0v) is 44.0. The molecule has 1 aromatic rings. The van der Waals surface area contributed by atoms with E-state index >= 15 is 0 Å². The third-order valence-electron chi connectivity index (χ3n) is 15.2. The summed E-state index contributed by atoms with van der Waals surface area (Å²) in [6.45, 7) is 27.6. The fraction of sp³-hybridized carbons (Fsp3) is 0.706. The number of alkyl carbamates (subject to hydrolysis) is 1. The maximum absolute atomic E-state index is 14.8. The van der Waals surface area contributed by atoms with Crippen LogP contribution in [-0.2, 0) is 56.7 Å². The summed E-state index contributed by atoms with van der Waals surface area (Å²) in [6, 6.07) is 9.09. The maximum atomic E-state index is 14.8. The van der Waals surface area contributed by atoms with E-state index in [4.69, 9.17) is 42.3 Å². The summed E-state index contributed by atoms with van der Waals surface area (Å²) in [5, 5.41) is 30.3. The highest BCUT2D eigenvalue weighted by Gasteiger charge is 2.78. The Hall–Kier alpha value is -4.17. The second-order valence-electron chi connectivity index (χ2n) is 20.7. The third kappa shape index (κ3) is 10.7. The highest BCUT2D eigenvalue weighted by molar-refractivity contribution is 6.73. The fourth-order valence-corrected chi connectivity index (χ4v) is 14.3. The lowest BCUT2D eigenvalue weighted by molar-refractivity contribution is -0.363. The average Bonchev–Trinajstić information content (AvgIpc) is 3.26. The molecule has 1 aromatic carbocycles. The Labute approximate surface area is 408 Å². The molecule has 0 radical (unpaired) electrons. The minimum absolute atomic E-state index is 0.141. The Morgan fingerprint density at radius 2 is 1.59 bits per heavy atom. The molecule has 1 aliphatic heterocycles. The van der Waals surface area contributed by atoms with E-state index in [2.05, 4.69) is 32.7 Å². The number of hydrogen-bond acceptors (Lipinski definition) is 16. The molecule has 1 unspecified atom stereocenters. The zero-order chi connectivity index (χ0) is 51.7. The molecule has 1 heterocycles. The number of carbonyl (C=O) groups is 5. The van der Waals surface area contributed by atoms with Crippen LogP contribution < -0.4 is 5.32 Å². The van der Waals surface area contributed by atoms with E-state index in [9.17, 15) is 34.2 Å². The standard InChI is InChI=1S/C51H77NO16Si/c1-16-34(52-46(58)67-47(10,11)12)39(63-32(9)60-17-2)45(57)64-35-27-51(59)43(65-44(56)33-24-22-21-23-25-33)41-49(15,42(55)40(62-30(7)53)38(29(35)6)48(51,13)14)36(68-69(18-3,19-4)20-5)26-37-50(41,28-61-37)66-31(8)54/h16,21-25,32,34-37,39-43,55,59H,1,17-20,26-28H2,2-15H3,(H,52,58)/t32?,34-,35-,36-,37+,39+,40+,41-,42-,43-,49+,50-,51+/m0/s1. The van der Waals surface area contributed by atoms with Gasteiger partial charge in [0, 0.05) is 44.1 Å². The number of nitrogens with one attached hydrogen (secondary N) is 1. The molecule has 4 aliphatic rings. The molecule has 2 saturated carbocycles. The van der Waals surface area contributed by atoms with Gasteiger partial charge in [-0.2, -0.15) is 0 Å². The van der Waals surface area contributed by atoms with Crippen LogP contribution in [-0.4, -0.2) is 134 Å². The Morgan fingerprint density at radius 1 is 0.971 bits per heavy atom. The molecule has 17 nitrogen and oxygen atoms in total. The van der Waals surface area contributed by atoms with Crippen molar-refractivity contribution in [1.29, 1.82) is 0 Å². The van der Waals surface area contributed by atoms with Crippen LogP contribution in [0.1, 0.15) is 120 Å². The topological polar surface area (TPSA) is 221 Å². The van der Waals surface area contributed by atoms with Crippen LogP contribution in [0.4, 0.5) is 4.79 Å². The monoisotopic (exact) mass is 988 g/mol. The molecule has 1 saturated heterocycles. The summed E-state index contributed by atoms with van der Waals surface area (Å²) in [6.07, 6.45) is -10.5. The first-order chi connectivity index (χ1) is 32.1. The van der Waals surface area contributed by atoms with E-state index in [-0.39, 0.29) is 30.8 Å². The summed E-state index contributed by atoms with van der Waals surface area (Å²) in [5.41, 5.74) is -7.39. The first-order valence-corrected chi connectivity index (χ1v) is 26.8. The van der Waals surface area contributed by atoms with Gasteiger partial charge in [-0.1, -0.05) is 65.8 Å². The van der Waals surface area contributed by atoms with Gasteiger partial charge in [0.05, 0.1) is 30.2 Å². The van der Waals surface area contributed by atoms with Crippen molar-refractivity contribution in [3.05, 3.63) is 59.7 Å². The van der Waals surface area contributed by atoms with Crippen molar-refractivity contribution in [3.63, 3.8) is 0 Å². The minimum Gasteiger partial charge on any atom is -0.456 e. The molecule has 0 aromatic heterocycles. The number of aliphatic hydroxyl groups excluding tert-OH is 1. The largest absolute Gasteiger partial charge is 0.456 e. The van der Waals surface area contributed by atoms with E-state index < -0.39 is 133 Å². The smallest absolute Gasteiger partial charge is 0.408 e. The van der Waals surface area contributed by atoms with Gasteiger partial charge in [-0.3, -0.25) is 9.59 Å². The number of hydrogen-bond donors (Lipinski definition) is 3. The van der Waals surface area contributed by atoms with Crippen LogP contribution in [0.2, 0.25) is 18.1 Å². The number of fused-ring (bicyclic) bond motifs is 5. The Kier molecular flexibility index (Phi) is 17.2. The molecular weight excluding hydrogens is 911 g/mol. The Morgan fingerprint density at radius 3 is 2.10 bits per heavy atom. The molecule has 1 amide bonds. The number of rotatable bonds is 18. The molecule has 386 valence electrons. The van der Waals surface area contributed by atoms with Gasteiger partial charge in [0.25, 0.3) is 0 Å². The lowest BCUT2D eigenvalue weighted by atomic mass is 9.44. The molecule has 3 N–H and O–H groups in total. The van der Waals surface area contributed by atoms with Crippen LogP contribution in [0, 0.1) is 16.7 Å². The highest BCUT2D eigenvalue weighted by Crippen LogP contribution is 2.66. The van der Waals surface area contributed by atoms with Crippen molar-refractivity contribution in [3.8, 4) is 0 Å². The first-order valence-electron chi connectivity index (χ1n) is 24.3. The van der Waals surface area contributed by atoms with Gasteiger partial charge in [0.1, 0.15) is 35.6 Å². The average molecular weight is 988 g/mol. The van der Waals surface area contributed by atoms with Crippen molar-refractivity contribution < 1.29 is 76.5 Å². The number of aliphatic hydroxyl groups is 2. The van der Waals surface area contributed by atoms with Gasteiger partial charge in [-0.15, -0.1) is 6.58 Å². The predicted molar refractivity (Wildman–Crippen MR) is 255 cm³/mol. The lowest BCUT2D eigenvalue weighted by Gasteiger charge is -2.70. The van der Waals surface area contributed by atoms with Crippen molar-refractivity contribution in [2.45, 2.75) is 200 Å². The molecule has 3 aliphatic carbocycles. The van der Waals surface area contributed by atoms with E-state index in [1.807, 2.05) is 0 Å². The molecule has 18 heteroatoms. The second-order valence-corrected chi connectivity index (χ2v) is 25.4. The highest BCUT2D eigenvalue weighted by atomic mass is 28.4. The van der Waals surface area contributed by atoms with Crippen molar-refractivity contribution in [2.75, 3.05) is 13.2 Å². The van der Waals surface area contributed by atoms with Gasteiger partial charge in [0.2, 0.25) is 0 Å². The van der Waals surface area contributed by atoms with Crippen LogP contribution in [0.3, 0.4) is 0 Å². The number of esters is 4. The molecule has 5 rings (SSSR count). The van der Waals surface area contributed by atoms with Crippen LogP contribution in [0.25, 0.3) is 0 Å². The van der Waals surface area contributed by atoms with Crippen molar-refractivity contribution >= 4 is 38.3 Å². The Balaban J connectivity index is 1.82. The SMILES string of the molecule is C=C[C@H](NC(=O)OC(C)(C)C)[C@@H](OC(C)OCC)C(=O)O[C@H]1C[C@@]2(O)[C@@H](OC(=O)c3ccccc3)[C@@H]3[C@]4(OC(C)=O)CO[C@@H]4C[C@H](O[Si](CC)(CC)CC)[C@@]3(C)[C@@H](O)[C@H](OC(C)=O)C(=C1C)C2(C)C. The fourth-order valence-electron chi connectivity index (χ4n) is 11.4. The van der Waals surface area contributed by atoms with E-state index in [0.717, 1.165) is 18.1 Å². The molecule has 2 bridgehead atoms. The summed E-state index contributed by atoms with van der Waals surface area (Å²) < 4.78 is 56.7. The molecule has 13 atom stereocenters. The van der Waals surface area contributed by atoms with Gasteiger partial charge >= 0.3 is 30.0 Å². The lowest BCUT2D eigenvalue weighted by Crippen LogP contribution is -2.83. The van der Waals surface area contributed by atoms with Crippen LogP contribution >= 0.6 is 0 Å². The summed E-state index contributed by atoms with van der Waals surface area (Å²) in [7, 11) is -2.60. The number of amides is 1. The summed E-state index contributed by atoms with van der Waals surface area (Å²) in [4.78, 5) is 69.6. The Bertz CT molecular complexity index is 2080. The van der Waals surface area contributed by atoms with Gasteiger partial charge < -0.3 is 57.9 Å². The predicted octanol–water partition coefficient (Wildman–Crippen LogP) is 6.87. The number of ether oxygens (including phenoxy) is 8. The summed E-state index contributed by atoms with van der Waals surface area (Å²) >= 11 is 0. The molecule has 3 fully saturated rings. The van der Waals surface area contributed by atoms with Crippen molar-refractivity contribution in [2.24, 2.45) is 16.7 Å². The quantitative estimate of drug-likeness (QED) is 0.0449. The van der Waals surface area contributed by atoms with Gasteiger partial charge in [-0.25, -0.2) is 14.4 Å². The van der Waals surface area contributed by atoms with Crippen LogP contribution in [0.5, 0.6) is 0 Å². The van der Waals surface area contributed by atoms with Crippen molar-refractivity contribution in [1.82, 2.24) is 5.32 Å². The van der Waals surface area contributed by atoms with Gasteiger partial charge in [0.15, 0.2) is 32.4 Å². The molecule has 69 heavy (non-hydrogen) atoms. The van der Waals surface area contributed by atoms with Gasteiger partial charge in [-0.05, 0) is 83.0 Å². The number of carbonyl (C=O) groups excluding carboxylic acids is 5. The first kappa shape index (κ1) is 55.8.